The molecule has 1 aliphatic rings. The molecule has 1 aromatic rings. The summed E-state index contributed by atoms with van der Waals surface area (Å²) in [6.45, 7) is 1.64. The molecule has 1 fully saturated rings. The van der Waals surface area contributed by atoms with E-state index in [2.05, 4.69) is 5.32 Å². The molecule has 2 N–H and O–H groups in total. The van der Waals surface area contributed by atoms with E-state index in [9.17, 15) is 18.0 Å². The molecular weight excluding hydrogens is 274 g/mol. The smallest absolute Gasteiger partial charge is 0.371 e. The number of carbonyl (C=O) groups is 2. The number of rotatable bonds is 3. The average Bonchev–Trinajstić information content (AvgIpc) is 2.83. The van der Waals surface area contributed by atoms with Crippen molar-refractivity contribution in [3.63, 3.8) is 0 Å². The van der Waals surface area contributed by atoms with Gasteiger partial charge in [0.2, 0.25) is 5.76 Å². The van der Waals surface area contributed by atoms with Crippen molar-refractivity contribution in [3.05, 3.63) is 23.7 Å². The van der Waals surface area contributed by atoms with Crippen LogP contribution in [0.5, 0.6) is 0 Å². The Hall–Kier alpha value is -1.83. The number of carboxylic acid groups (broad SMARTS) is 1. The highest BCUT2D eigenvalue weighted by atomic mass is 32.2. The van der Waals surface area contributed by atoms with Crippen molar-refractivity contribution in [3.8, 4) is 0 Å². The number of hydrogen-bond acceptors (Lipinski definition) is 5. The zero-order chi connectivity index (χ0) is 14.3. The van der Waals surface area contributed by atoms with E-state index in [0.717, 1.165) is 0 Å². The minimum absolute atomic E-state index is 0.0301. The number of nitrogens with one attached hydrogen (secondary N) is 1. The largest absolute Gasteiger partial charge is 0.475 e. The molecule has 0 aromatic carbocycles. The predicted octanol–water partition coefficient (Wildman–Crippen LogP) is 0.285. The van der Waals surface area contributed by atoms with Crippen LogP contribution >= 0.6 is 0 Å². The van der Waals surface area contributed by atoms with Crippen molar-refractivity contribution in [2.45, 2.75) is 18.9 Å². The van der Waals surface area contributed by atoms with Crippen LogP contribution in [0.1, 0.15) is 34.5 Å². The first kappa shape index (κ1) is 13.6. The quantitative estimate of drug-likeness (QED) is 0.825. The average molecular weight is 287 g/mol. The molecule has 1 aliphatic heterocycles. The molecule has 2 heterocycles. The Kier molecular flexibility index (Phi) is 3.13. The minimum atomic E-state index is -3.13. The van der Waals surface area contributed by atoms with Crippen molar-refractivity contribution in [1.29, 1.82) is 0 Å². The van der Waals surface area contributed by atoms with Crippen LogP contribution in [-0.4, -0.2) is 42.4 Å². The van der Waals surface area contributed by atoms with E-state index < -0.39 is 27.3 Å². The van der Waals surface area contributed by atoms with E-state index >= 15 is 0 Å². The van der Waals surface area contributed by atoms with Crippen LogP contribution in [-0.2, 0) is 9.84 Å². The zero-order valence-corrected chi connectivity index (χ0v) is 11.0. The molecule has 1 atom stereocenters. The summed E-state index contributed by atoms with van der Waals surface area (Å²) in [6.07, 6.45) is 0.327. The highest BCUT2D eigenvalue weighted by molar-refractivity contribution is 7.91. The minimum Gasteiger partial charge on any atom is -0.475 e. The lowest BCUT2D eigenvalue weighted by atomic mass is 10.0. The molecule has 7 nitrogen and oxygen atoms in total. The van der Waals surface area contributed by atoms with Gasteiger partial charge in [0, 0.05) is 0 Å². The van der Waals surface area contributed by atoms with E-state index in [1.54, 1.807) is 6.92 Å². The molecule has 1 aromatic heterocycles. The second-order valence-electron chi connectivity index (χ2n) is 4.83. The fraction of sp³-hybridized carbons (Fsp3) is 0.455. The van der Waals surface area contributed by atoms with E-state index in [1.807, 2.05) is 0 Å². The molecule has 0 bridgehead atoms. The molecule has 0 aliphatic carbocycles. The Morgan fingerprint density at radius 2 is 2.00 bits per heavy atom. The molecule has 0 saturated carbocycles. The van der Waals surface area contributed by atoms with Crippen LogP contribution in [0.4, 0.5) is 0 Å². The highest BCUT2D eigenvalue weighted by Crippen LogP contribution is 2.23. The Morgan fingerprint density at radius 3 is 2.47 bits per heavy atom. The number of furan rings is 1. The second-order valence-corrected chi connectivity index (χ2v) is 7.01. The van der Waals surface area contributed by atoms with Crippen LogP contribution in [0.25, 0.3) is 0 Å². The van der Waals surface area contributed by atoms with Gasteiger partial charge in [-0.05, 0) is 25.5 Å². The van der Waals surface area contributed by atoms with Crippen LogP contribution in [0.2, 0.25) is 0 Å². The maximum Gasteiger partial charge on any atom is 0.371 e. The summed E-state index contributed by atoms with van der Waals surface area (Å²) in [5.74, 6) is -2.47. The summed E-state index contributed by atoms with van der Waals surface area (Å²) >= 11 is 0. The number of amides is 1. The van der Waals surface area contributed by atoms with Gasteiger partial charge in [0.1, 0.15) is 0 Å². The summed E-state index contributed by atoms with van der Waals surface area (Å²) < 4.78 is 27.7. The SMILES string of the molecule is CC1(NC(=O)c2ccc(C(=O)O)o2)CCS(=O)(=O)C1. The molecular formula is C11H13NO6S. The zero-order valence-electron chi connectivity index (χ0n) is 10.2. The van der Waals surface area contributed by atoms with Gasteiger partial charge >= 0.3 is 5.97 Å². The van der Waals surface area contributed by atoms with Crippen LogP contribution in [0.15, 0.2) is 16.5 Å². The van der Waals surface area contributed by atoms with Gasteiger partial charge in [-0.1, -0.05) is 0 Å². The normalized spacial score (nSPS) is 25.1. The molecule has 0 radical (unpaired) electrons. The van der Waals surface area contributed by atoms with Gasteiger partial charge in [-0.15, -0.1) is 0 Å². The third-order valence-corrected chi connectivity index (χ3v) is 4.86. The van der Waals surface area contributed by atoms with Gasteiger partial charge in [0.15, 0.2) is 15.6 Å². The first-order valence-corrected chi connectivity index (χ1v) is 7.39. The maximum atomic E-state index is 11.9. The van der Waals surface area contributed by atoms with Crippen molar-refractivity contribution < 1.29 is 27.5 Å². The van der Waals surface area contributed by atoms with Crippen molar-refractivity contribution in [1.82, 2.24) is 5.32 Å². The number of aromatic carboxylic acids is 1. The van der Waals surface area contributed by atoms with Gasteiger partial charge in [-0.3, -0.25) is 4.79 Å². The Morgan fingerprint density at radius 1 is 1.37 bits per heavy atom. The molecule has 1 saturated heterocycles. The molecule has 104 valence electrons. The number of sulfone groups is 1. The molecule has 19 heavy (non-hydrogen) atoms. The van der Waals surface area contributed by atoms with Gasteiger partial charge in [0.25, 0.3) is 5.91 Å². The predicted molar refractivity (Wildman–Crippen MR) is 64.8 cm³/mol. The first-order valence-electron chi connectivity index (χ1n) is 5.57. The topological polar surface area (TPSA) is 114 Å². The van der Waals surface area contributed by atoms with Crippen molar-refractivity contribution >= 4 is 21.7 Å². The molecule has 2 rings (SSSR count). The van der Waals surface area contributed by atoms with E-state index in [1.165, 1.54) is 12.1 Å². The lowest BCUT2D eigenvalue weighted by Crippen LogP contribution is -2.46. The first-order chi connectivity index (χ1) is 8.71. The summed E-state index contributed by atoms with van der Waals surface area (Å²) in [7, 11) is -3.13. The fourth-order valence-electron chi connectivity index (χ4n) is 2.02. The summed E-state index contributed by atoms with van der Waals surface area (Å²) in [5.41, 5.74) is -0.841. The third-order valence-electron chi connectivity index (χ3n) is 2.96. The number of carbonyl (C=O) groups excluding carboxylic acids is 1. The summed E-state index contributed by atoms with van der Waals surface area (Å²) in [5, 5.41) is 11.3. The lowest BCUT2D eigenvalue weighted by molar-refractivity contribution is 0.0659. The van der Waals surface area contributed by atoms with Crippen LogP contribution < -0.4 is 5.32 Å². The van der Waals surface area contributed by atoms with Gasteiger partial charge in [-0.25, -0.2) is 13.2 Å². The monoisotopic (exact) mass is 287 g/mol. The maximum absolute atomic E-state index is 11.9. The van der Waals surface area contributed by atoms with Crippen LogP contribution in [0, 0.1) is 0 Å². The summed E-state index contributed by atoms with van der Waals surface area (Å²) in [6, 6.07) is 2.41. The van der Waals surface area contributed by atoms with E-state index in [4.69, 9.17) is 9.52 Å². The number of carboxylic acids is 1. The van der Waals surface area contributed by atoms with E-state index in [-0.39, 0.29) is 23.0 Å². The number of hydrogen-bond donors (Lipinski definition) is 2. The van der Waals surface area contributed by atoms with Gasteiger partial charge < -0.3 is 14.8 Å². The summed E-state index contributed by atoms with van der Waals surface area (Å²) in [4.78, 5) is 22.5. The molecule has 0 spiro atoms. The van der Waals surface area contributed by atoms with Crippen LogP contribution in [0.3, 0.4) is 0 Å². The van der Waals surface area contributed by atoms with Crippen molar-refractivity contribution in [2.24, 2.45) is 0 Å². The highest BCUT2D eigenvalue weighted by Gasteiger charge is 2.40. The fourth-order valence-corrected chi connectivity index (χ4v) is 4.11. The van der Waals surface area contributed by atoms with Gasteiger partial charge in [-0.2, -0.15) is 0 Å². The Bertz CT molecular complexity index is 631. The standard InChI is InChI=1S/C11H13NO6S/c1-11(4-5-19(16,17)6-11)12-9(13)7-2-3-8(18-7)10(14)15/h2-3H,4-6H2,1H3,(H,12,13)(H,14,15). The lowest BCUT2D eigenvalue weighted by Gasteiger charge is -2.22. The Balaban J connectivity index is 2.11. The molecule has 8 heteroatoms. The van der Waals surface area contributed by atoms with E-state index in [0.29, 0.717) is 6.42 Å². The molecule has 1 unspecified atom stereocenters. The molecule has 1 amide bonds. The van der Waals surface area contributed by atoms with Gasteiger partial charge in [0.05, 0.1) is 17.0 Å². The third kappa shape index (κ3) is 2.95. The Labute approximate surface area is 109 Å². The van der Waals surface area contributed by atoms with Crippen molar-refractivity contribution in [2.75, 3.05) is 11.5 Å². The second kappa shape index (κ2) is 4.37.